The Bertz CT molecular complexity index is 604. The van der Waals surface area contributed by atoms with Crippen molar-refractivity contribution < 1.29 is 9.90 Å². The molecular formula is C14H19N3O2S. The fourth-order valence-electron chi connectivity index (χ4n) is 2.21. The Balaban J connectivity index is 2.22. The summed E-state index contributed by atoms with van der Waals surface area (Å²) in [6, 6.07) is 1.79. The summed E-state index contributed by atoms with van der Waals surface area (Å²) in [6.45, 7) is 6.30. The molecule has 2 aromatic heterocycles. The summed E-state index contributed by atoms with van der Waals surface area (Å²) >= 11 is 1.56. The molecule has 0 saturated heterocycles. The maximum absolute atomic E-state index is 11.0. The van der Waals surface area contributed by atoms with E-state index < -0.39 is 5.97 Å². The van der Waals surface area contributed by atoms with Crippen LogP contribution in [0, 0.1) is 5.41 Å². The molecule has 0 saturated carbocycles. The molecule has 2 aromatic rings. The zero-order chi connectivity index (χ0) is 14.8. The highest BCUT2D eigenvalue weighted by Crippen LogP contribution is 2.28. The molecule has 6 heteroatoms. The monoisotopic (exact) mass is 293 g/mol. The summed E-state index contributed by atoms with van der Waals surface area (Å²) in [5, 5.41) is 14.3. The lowest BCUT2D eigenvalue weighted by atomic mass is 9.87. The van der Waals surface area contributed by atoms with Gasteiger partial charge in [0.1, 0.15) is 12.1 Å². The van der Waals surface area contributed by atoms with Gasteiger partial charge < -0.3 is 10.4 Å². The van der Waals surface area contributed by atoms with E-state index in [2.05, 4.69) is 36.1 Å². The minimum atomic E-state index is -0.803. The Hall–Kier alpha value is -1.69. The lowest BCUT2D eigenvalue weighted by Gasteiger charge is -2.26. The van der Waals surface area contributed by atoms with Gasteiger partial charge in [-0.25, -0.2) is 9.97 Å². The van der Waals surface area contributed by atoms with Gasteiger partial charge in [0.2, 0.25) is 0 Å². The zero-order valence-corrected chi connectivity index (χ0v) is 12.7. The van der Waals surface area contributed by atoms with Crippen molar-refractivity contribution in [3.8, 4) is 0 Å². The standard InChI is InChI=1S/C14H19N3O2S/c1-14(2,3)7-9(6-11(18)19)17-13-12-10(4-5-20-12)15-8-16-13/h4-5,8-9H,6-7H2,1-3H3,(H,18,19)(H,15,16,17). The normalized spacial score (nSPS) is 13.3. The topological polar surface area (TPSA) is 75.1 Å². The molecule has 0 aliphatic rings. The van der Waals surface area contributed by atoms with Crippen LogP contribution in [-0.4, -0.2) is 27.1 Å². The van der Waals surface area contributed by atoms with E-state index in [1.54, 1.807) is 11.3 Å². The van der Waals surface area contributed by atoms with Crippen molar-refractivity contribution in [1.82, 2.24) is 9.97 Å². The van der Waals surface area contributed by atoms with Gasteiger partial charge in [0, 0.05) is 6.04 Å². The Labute approximate surface area is 122 Å². The minimum absolute atomic E-state index is 0.0503. The van der Waals surface area contributed by atoms with Crippen LogP contribution in [0.25, 0.3) is 10.2 Å². The van der Waals surface area contributed by atoms with Crippen LogP contribution in [0.3, 0.4) is 0 Å². The van der Waals surface area contributed by atoms with Crippen molar-refractivity contribution in [2.45, 2.75) is 39.7 Å². The largest absolute Gasteiger partial charge is 0.481 e. The molecule has 0 bridgehead atoms. The summed E-state index contributed by atoms with van der Waals surface area (Å²) in [4.78, 5) is 19.5. The summed E-state index contributed by atoms with van der Waals surface area (Å²) in [7, 11) is 0. The van der Waals surface area contributed by atoms with Crippen LogP contribution in [0.2, 0.25) is 0 Å². The number of hydrogen-bond acceptors (Lipinski definition) is 5. The highest BCUT2D eigenvalue weighted by atomic mass is 32.1. The van der Waals surface area contributed by atoms with Crippen molar-refractivity contribution in [3.05, 3.63) is 17.8 Å². The maximum Gasteiger partial charge on any atom is 0.305 e. The van der Waals surface area contributed by atoms with Crippen molar-refractivity contribution in [3.63, 3.8) is 0 Å². The van der Waals surface area contributed by atoms with E-state index in [-0.39, 0.29) is 17.9 Å². The molecule has 0 amide bonds. The molecule has 0 aliphatic heterocycles. The van der Waals surface area contributed by atoms with E-state index in [1.165, 1.54) is 6.33 Å². The smallest absolute Gasteiger partial charge is 0.305 e. The maximum atomic E-state index is 11.0. The van der Waals surface area contributed by atoms with E-state index in [0.717, 1.165) is 22.5 Å². The summed E-state index contributed by atoms with van der Waals surface area (Å²) < 4.78 is 0.969. The number of thiophene rings is 1. The zero-order valence-electron chi connectivity index (χ0n) is 11.9. The SMILES string of the molecule is CC(C)(C)CC(CC(=O)O)Nc1ncnc2ccsc12. The third-order valence-electron chi connectivity index (χ3n) is 2.86. The van der Waals surface area contributed by atoms with Crippen LogP contribution < -0.4 is 5.32 Å². The van der Waals surface area contributed by atoms with Gasteiger partial charge in [0.15, 0.2) is 0 Å². The lowest BCUT2D eigenvalue weighted by molar-refractivity contribution is -0.137. The van der Waals surface area contributed by atoms with E-state index in [1.807, 2.05) is 11.4 Å². The number of aromatic nitrogens is 2. The van der Waals surface area contributed by atoms with Gasteiger partial charge in [-0.1, -0.05) is 20.8 Å². The van der Waals surface area contributed by atoms with Crippen molar-refractivity contribution in [2.24, 2.45) is 5.41 Å². The number of carboxylic acids is 1. The Morgan fingerprint density at radius 1 is 1.45 bits per heavy atom. The van der Waals surface area contributed by atoms with Gasteiger partial charge in [-0.15, -0.1) is 11.3 Å². The minimum Gasteiger partial charge on any atom is -0.481 e. The molecule has 0 aromatic carbocycles. The summed E-state index contributed by atoms with van der Waals surface area (Å²) in [5.41, 5.74) is 0.937. The van der Waals surface area contributed by atoms with Gasteiger partial charge in [0.05, 0.1) is 16.6 Å². The molecule has 0 aliphatic carbocycles. The molecule has 0 spiro atoms. The van der Waals surface area contributed by atoms with Gasteiger partial charge in [0.25, 0.3) is 0 Å². The number of carbonyl (C=O) groups is 1. The van der Waals surface area contributed by atoms with Crippen LogP contribution >= 0.6 is 11.3 Å². The first-order valence-electron chi connectivity index (χ1n) is 6.52. The second-order valence-corrected chi connectivity index (χ2v) is 6.98. The molecule has 2 rings (SSSR count). The Morgan fingerprint density at radius 2 is 2.20 bits per heavy atom. The van der Waals surface area contributed by atoms with Crippen molar-refractivity contribution in [2.75, 3.05) is 5.32 Å². The quantitative estimate of drug-likeness (QED) is 0.884. The number of anilines is 1. The van der Waals surface area contributed by atoms with Crippen molar-refractivity contribution in [1.29, 1.82) is 0 Å². The fraction of sp³-hybridized carbons (Fsp3) is 0.500. The molecule has 2 heterocycles. The molecule has 0 radical (unpaired) electrons. The molecule has 108 valence electrons. The third kappa shape index (κ3) is 3.90. The highest BCUT2D eigenvalue weighted by Gasteiger charge is 2.22. The summed E-state index contributed by atoms with van der Waals surface area (Å²) in [6.07, 6.45) is 2.34. The van der Waals surface area contributed by atoms with Crippen LogP contribution in [-0.2, 0) is 4.79 Å². The van der Waals surface area contributed by atoms with Gasteiger partial charge in [-0.05, 0) is 23.3 Å². The third-order valence-corrected chi connectivity index (χ3v) is 3.77. The fourth-order valence-corrected chi connectivity index (χ4v) is 3.01. The second-order valence-electron chi connectivity index (χ2n) is 6.06. The number of nitrogens with zero attached hydrogens (tertiary/aromatic N) is 2. The summed E-state index contributed by atoms with van der Waals surface area (Å²) in [5.74, 6) is -0.0799. The predicted octanol–water partition coefficient (Wildman–Crippen LogP) is 3.38. The molecule has 20 heavy (non-hydrogen) atoms. The van der Waals surface area contributed by atoms with E-state index in [0.29, 0.717) is 0 Å². The molecule has 0 fully saturated rings. The number of fused-ring (bicyclic) bond motifs is 1. The van der Waals surface area contributed by atoms with Gasteiger partial charge in [-0.2, -0.15) is 0 Å². The van der Waals surface area contributed by atoms with Gasteiger partial charge in [-0.3, -0.25) is 4.79 Å². The molecule has 5 nitrogen and oxygen atoms in total. The molecule has 2 N–H and O–H groups in total. The molecule has 1 unspecified atom stereocenters. The highest BCUT2D eigenvalue weighted by molar-refractivity contribution is 7.17. The van der Waals surface area contributed by atoms with Crippen LogP contribution in [0.5, 0.6) is 0 Å². The average Bonchev–Trinajstić information content (AvgIpc) is 2.74. The van der Waals surface area contributed by atoms with E-state index in [4.69, 9.17) is 5.11 Å². The number of aliphatic carboxylic acids is 1. The van der Waals surface area contributed by atoms with Crippen LogP contribution in [0.4, 0.5) is 5.82 Å². The first-order chi connectivity index (χ1) is 9.35. The molecule has 1 atom stereocenters. The second kappa shape index (κ2) is 5.75. The number of hydrogen-bond donors (Lipinski definition) is 2. The molecular weight excluding hydrogens is 274 g/mol. The average molecular weight is 293 g/mol. The first-order valence-corrected chi connectivity index (χ1v) is 7.40. The Morgan fingerprint density at radius 3 is 2.85 bits per heavy atom. The van der Waals surface area contributed by atoms with Crippen LogP contribution in [0.15, 0.2) is 17.8 Å². The van der Waals surface area contributed by atoms with Crippen molar-refractivity contribution >= 4 is 33.3 Å². The first kappa shape index (κ1) is 14.7. The number of rotatable bonds is 5. The lowest BCUT2D eigenvalue weighted by Crippen LogP contribution is -2.28. The van der Waals surface area contributed by atoms with E-state index >= 15 is 0 Å². The predicted molar refractivity (Wildman–Crippen MR) is 81.2 cm³/mol. The number of nitrogens with one attached hydrogen (secondary N) is 1. The number of carboxylic acid groups (broad SMARTS) is 1. The van der Waals surface area contributed by atoms with Gasteiger partial charge >= 0.3 is 5.97 Å². The van der Waals surface area contributed by atoms with E-state index in [9.17, 15) is 4.79 Å². The van der Waals surface area contributed by atoms with Crippen LogP contribution in [0.1, 0.15) is 33.6 Å². The Kier molecular flexibility index (Phi) is 4.23.